The lowest BCUT2D eigenvalue weighted by molar-refractivity contribution is 0.203. The summed E-state index contributed by atoms with van der Waals surface area (Å²) in [5.41, 5.74) is 1.18. The van der Waals surface area contributed by atoms with E-state index in [2.05, 4.69) is 0 Å². The molecule has 0 saturated carbocycles. The molecule has 0 amide bonds. The second kappa shape index (κ2) is 8.77. The minimum Gasteiger partial charge on any atom is -0.378 e. The third-order valence-electron chi connectivity index (χ3n) is 3.91. The molecule has 1 N–H and O–H groups in total. The van der Waals surface area contributed by atoms with Crippen molar-refractivity contribution in [2.75, 3.05) is 25.6 Å². The molecule has 0 aliphatic carbocycles. The van der Waals surface area contributed by atoms with E-state index in [0.29, 0.717) is 5.30 Å². The Labute approximate surface area is 165 Å². The van der Waals surface area contributed by atoms with Gasteiger partial charge in [-0.3, -0.25) is 4.57 Å². The Morgan fingerprint density at radius 2 is 1.62 bits per heavy atom. The average Bonchev–Trinajstić information content (AvgIpc) is 2.59. The summed E-state index contributed by atoms with van der Waals surface area (Å²) in [6, 6.07) is 12.0. The first-order valence-electron chi connectivity index (χ1n) is 8.31. The molecule has 0 aliphatic rings. The highest BCUT2D eigenvalue weighted by Gasteiger charge is 2.38. The van der Waals surface area contributed by atoms with Crippen LogP contribution < -0.4 is 10.2 Å². The molecule has 4 nitrogen and oxygen atoms in total. The van der Waals surface area contributed by atoms with Crippen molar-refractivity contribution in [2.24, 2.45) is 5.92 Å². The molecule has 0 fully saturated rings. The molecule has 26 heavy (non-hydrogen) atoms. The van der Waals surface area contributed by atoms with E-state index in [1.54, 1.807) is 30.3 Å². The zero-order valence-electron chi connectivity index (χ0n) is 15.3. The predicted octanol–water partition coefficient (Wildman–Crippen LogP) is 5.33. The SMILES string of the molecule is CC(C)CO[P@@](=O)(c1ccc(N(C)C)cc1)[C@H](O)c1c(Cl)cccc1Cl. The number of hydrogen-bond acceptors (Lipinski definition) is 4. The number of aliphatic hydroxyl groups is 1. The highest BCUT2D eigenvalue weighted by Crippen LogP contribution is 2.60. The second-order valence-corrected chi connectivity index (χ2v) is 9.98. The van der Waals surface area contributed by atoms with Gasteiger partial charge in [-0.05, 0) is 42.3 Å². The number of nitrogens with zero attached hydrogens (tertiary/aromatic N) is 1. The second-order valence-electron chi connectivity index (χ2n) is 6.71. The number of anilines is 1. The Morgan fingerprint density at radius 3 is 2.08 bits per heavy atom. The largest absolute Gasteiger partial charge is 0.378 e. The molecule has 2 aromatic carbocycles. The normalized spacial score (nSPS) is 14.9. The van der Waals surface area contributed by atoms with Gasteiger partial charge in [-0.15, -0.1) is 0 Å². The number of halogens is 2. The van der Waals surface area contributed by atoms with Crippen LogP contribution in [0, 0.1) is 5.92 Å². The molecule has 2 atom stereocenters. The van der Waals surface area contributed by atoms with E-state index in [1.807, 2.05) is 45.0 Å². The van der Waals surface area contributed by atoms with Crippen LogP contribution in [0.4, 0.5) is 5.69 Å². The third kappa shape index (κ3) is 4.62. The minimum atomic E-state index is -3.67. The van der Waals surface area contributed by atoms with Crippen LogP contribution in [0.3, 0.4) is 0 Å². The lowest BCUT2D eigenvalue weighted by Gasteiger charge is -2.27. The molecule has 0 unspecified atom stereocenters. The van der Waals surface area contributed by atoms with Crippen LogP contribution in [0.25, 0.3) is 0 Å². The molecule has 0 heterocycles. The van der Waals surface area contributed by atoms with Crippen LogP contribution in [0.15, 0.2) is 42.5 Å². The van der Waals surface area contributed by atoms with E-state index in [9.17, 15) is 9.67 Å². The molecule has 2 aromatic rings. The Balaban J connectivity index is 2.52. The van der Waals surface area contributed by atoms with Crippen molar-refractivity contribution < 1.29 is 14.2 Å². The maximum Gasteiger partial charge on any atom is 0.264 e. The van der Waals surface area contributed by atoms with Crippen LogP contribution in [0.2, 0.25) is 10.0 Å². The summed E-state index contributed by atoms with van der Waals surface area (Å²) in [6.07, 6.45) is 0. The van der Waals surface area contributed by atoms with Crippen LogP contribution in [-0.4, -0.2) is 25.8 Å². The summed E-state index contributed by atoms with van der Waals surface area (Å²) in [5.74, 6) is -1.30. The van der Waals surface area contributed by atoms with Crippen LogP contribution in [0.5, 0.6) is 0 Å². The standard InChI is InChI=1S/C19H24Cl2NO3P/c1-13(2)12-25-26(24,15-10-8-14(9-11-15)22(3)4)19(23)18-16(20)6-5-7-17(18)21/h5-11,13,19,23H,12H2,1-4H3/t19-,26-/m0/s1. The first kappa shape index (κ1) is 21.3. The maximum atomic E-state index is 13.8. The molecule has 0 aromatic heterocycles. The molecular weight excluding hydrogens is 392 g/mol. The van der Waals surface area contributed by atoms with Crippen molar-refractivity contribution in [1.82, 2.24) is 0 Å². The molecule has 7 heteroatoms. The average molecular weight is 416 g/mol. The highest BCUT2D eigenvalue weighted by atomic mass is 35.5. The van der Waals surface area contributed by atoms with E-state index in [0.717, 1.165) is 5.69 Å². The Hall–Kier alpha value is -1.03. The Morgan fingerprint density at radius 1 is 1.08 bits per heavy atom. The topological polar surface area (TPSA) is 49.8 Å². The molecule has 0 radical (unpaired) electrons. The fraction of sp³-hybridized carbons (Fsp3) is 0.368. The molecular formula is C19H24Cl2NO3P. The lowest BCUT2D eigenvalue weighted by Crippen LogP contribution is -2.18. The molecule has 0 saturated heterocycles. The molecule has 142 valence electrons. The number of aliphatic hydroxyl groups excluding tert-OH is 1. The summed E-state index contributed by atoms with van der Waals surface area (Å²) in [6.45, 7) is 4.15. The summed E-state index contributed by atoms with van der Waals surface area (Å²) in [5, 5.41) is 11.9. The summed E-state index contributed by atoms with van der Waals surface area (Å²) in [4.78, 5) is 1.94. The zero-order valence-corrected chi connectivity index (χ0v) is 17.7. The third-order valence-corrected chi connectivity index (χ3v) is 7.02. The van der Waals surface area contributed by atoms with Crippen molar-refractivity contribution in [2.45, 2.75) is 19.7 Å². The molecule has 2 rings (SSSR count). The van der Waals surface area contributed by atoms with Crippen LogP contribution >= 0.6 is 30.6 Å². The van der Waals surface area contributed by atoms with Gasteiger partial charge in [-0.1, -0.05) is 43.1 Å². The number of hydrogen-bond donors (Lipinski definition) is 1. The van der Waals surface area contributed by atoms with Gasteiger partial charge in [0.05, 0.1) is 6.61 Å². The van der Waals surface area contributed by atoms with Gasteiger partial charge in [0, 0.05) is 40.7 Å². The highest BCUT2D eigenvalue weighted by molar-refractivity contribution is 7.67. The Kier molecular flexibility index (Phi) is 7.18. The lowest BCUT2D eigenvalue weighted by atomic mass is 10.2. The number of rotatable bonds is 7. The van der Waals surface area contributed by atoms with Gasteiger partial charge in [0.1, 0.15) is 0 Å². The van der Waals surface area contributed by atoms with Gasteiger partial charge in [0.25, 0.3) is 7.37 Å². The van der Waals surface area contributed by atoms with Gasteiger partial charge < -0.3 is 14.5 Å². The van der Waals surface area contributed by atoms with Crippen LogP contribution in [-0.2, 0) is 9.09 Å². The predicted molar refractivity (Wildman–Crippen MR) is 110 cm³/mol. The van der Waals surface area contributed by atoms with Gasteiger partial charge in [-0.2, -0.15) is 0 Å². The first-order chi connectivity index (χ1) is 12.2. The fourth-order valence-corrected chi connectivity index (χ4v) is 5.46. The fourth-order valence-electron chi connectivity index (χ4n) is 2.43. The van der Waals surface area contributed by atoms with Crippen molar-refractivity contribution >= 4 is 41.6 Å². The quantitative estimate of drug-likeness (QED) is 0.621. The minimum absolute atomic E-state index is 0.151. The van der Waals surface area contributed by atoms with E-state index in [4.69, 9.17) is 27.7 Å². The van der Waals surface area contributed by atoms with Gasteiger partial charge in [0.15, 0.2) is 5.85 Å². The van der Waals surface area contributed by atoms with Crippen molar-refractivity contribution in [3.63, 3.8) is 0 Å². The number of benzene rings is 2. The summed E-state index contributed by atoms with van der Waals surface area (Å²) in [7, 11) is 0.163. The van der Waals surface area contributed by atoms with E-state index < -0.39 is 13.2 Å². The maximum absolute atomic E-state index is 13.8. The molecule has 0 spiro atoms. The smallest absolute Gasteiger partial charge is 0.264 e. The monoisotopic (exact) mass is 415 g/mol. The van der Waals surface area contributed by atoms with Gasteiger partial charge in [-0.25, -0.2) is 0 Å². The summed E-state index contributed by atoms with van der Waals surface area (Å²) >= 11 is 12.4. The van der Waals surface area contributed by atoms with Crippen molar-refractivity contribution in [3.05, 3.63) is 58.1 Å². The van der Waals surface area contributed by atoms with E-state index in [-0.39, 0.29) is 28.1 Å². The van der Waals surface area contributed by atoms with Crippen molar-refractivity contribution in [3.8, 4) is 0 Å². The van der Waals surface area contributed by atoms with E-state index >= 15 is 0 Å². The Bertz CT molecular complexity index is 774. The van der Waals surface area contributed by atoms with E-state index in [1.165, 1.54) is 0 Å². The van der Waals surface area contributed by atoms with Crippen LogP contribution in [0.1, 0.15) is 25.3 Å². The molecule has 0 bridgehead atoms. The van der Waals surface area contributed by atoms with Crippen molar-refractivity contribution in [1.29, 1.82) is 0 Å². The van der Waals surface area contributed by atoms with Gasteiger partial charge in [0.2, 0.25) is 0 Å². The van der Waals surface area contributed by atoms with Gasteiger partial charge >= 0.3 is 0 Å². The summed E-state index contributed by atoms with van der Waals surface area (Å²) < 4.78 is 19.6. The first-order valence-corrected chi connectivity index (χ1v) is 10.8. The zero-order chi connectivity index (χ0) is 19.5. The molecule has 0 aliphatic heterocycles.